The highest BCUT2D eigenvalue weighted by Crippen LogP contribution is 2.23. The van der Waals surface area contributed by atoms with Crippen molar-refractivity contribution in [3.05, 3.63) is 71.4 Å². The summed E-state index contributed by atoms with van der Waals surface area (Å²) in [5.74, 6) is 0.0451. The first-order chi connectivity index (χ1) is 14.0. The Bertz CT molecular complexity index is 1030. The van der Waals surface area contributed by atoms with Gasteiger partial charge in [-0.25, -0.2) is 4.79 Å². The number of esters is 1. The Kier molecular flexibility index (Phi) is 6.50. The van der Waals surface area contributed by atoms with E-state index in [1.165, 1.54) is 0 Å². The van der Waals surface area contributed by atoms with Crippen molar-refractivity contribution in [2.24, 2.45) is 0 Å². The molecule has 1 unspecified atom stereocenters. The second kappa shape index (κ2) is 9.24. The fourth-order valence-corrected chi connectivity index (χ4v) is 3.16. The zero-order valence-corrected chi connectivity index (χ0v) is 16.9. The number of ether oxygens (including phenoxy) is 2. The standard InChI is InChI=1S/C24H25NO4/c1-4-23(24(27)28-5-2)29-18-12-10-17(11-13-18)22(26)15-14-19-16(3)25-21-9-7-6-8-20(19)21/h6-15,23,25H,4-5H2,1-3H3/b15-14+. The maximum Gasteiger partial charge on any atom is 0.347 e. The van der Waals surface area contributed by atoms with E-state index >= 15 is 0 Å². The minimum absolute atomic E-state index is 0.0985. The zero-order valence-electron chi connectivity index (χ0n) is 16.9. The first-order valence-corrected chi connectivity index (χ1v) is 9.76. The summed E-state index contributed by atoms with van der Waals surface area (Å²) in [6, 6.07) is 14.8. The molecule has 29 heavy (non-hydrogen) atoms. The second-order valence-electron chi connectivity index (χ2n) is 6.70. The molecule has 0 saturated carbocycles. The molecule has 0 amide bonds. The van der Waals surface area contributed by atoms with Crippen LogP contribution < -0.4 is 4.74 Å². The lowest BCUT2D eigenvalue weighted by molar-refractivity contribution is -0.151. The summed E-state index contributed by atoms with van der Waals surface area (Å²) in [6.07, 6.45) is 3.27. The first-order valence-electron chi connectivity index (χ1n) is 9.76. The van der Waals surface area contributed by atoms with E-state index in [2.05, 4.69) is 4.98 Å². The van der Waals surface area contributed by atoms with Crippen molar-refractivity contribution >= 4 is 28.7 Å². The minimum Gasteiger partial charge on any atom is -0.479 e. The highest BCUT2D eigenvalue weighted by Gasteiger charge is 2.19. The van der Waals surface area contributed by atoms with Gasteiger partial charge in [-0.3, -0.25) is 4.79 Å². The molecule has 0 bridgehead atoms. The van der Waals surface area contributed by atoms with Crippen LogP contribution in [0.25, 0.3) is 17.0 Å². The molecule has 1 heterocycles. The van der Waals surface area contributed by atoms with Crippen LogP contribution in [0.4, 0.5) is 0 Å². The lowest BCUT2D eigenvalue weighted by Crippen LogP contribution is -2.28. The summed E-state index contributed by atoms with van der Waals surface area (Å²) in [5.41, 5.74) is 3.62. The van der Waals surface area contributed by atoms with Gasteiger partial charge in [0.15, 0.2) is 11.9 Å². The second-order valence-corrected chi connectivity index (χ2v) is 6.70. The van der Waals surface area contributed by atoms with Gasteiger partial charge in [0, 0.05) is 27.7 Å². The number of aromatic nitrogens is 1. The van der Waals surface area contributed by atoms with Crippen LogP contribution in [0, 0.1) is 6.92 Å². The van der Waals surface area contributed by atoms with Gasteiger partial charge in [0.05, 0.1) is 6.61 Å². The Morgan fingerprint density at radius 1 is 1.07 bits per heavy atom. The molecule has 0 radical (unpaired) electrons. The van der Waals surface area contributed by atoms with Crippen molar-refractivity contribution in [1.82, 2.24) is 4.98 Å². The topological polar surface area (TPSA) is 68.4 Å². The lowest BCUT2D eigenvalue weighted by Gasteiger charge is -2.16. The molecule has 3 rings (SSSR count). The molecular weight excluding hydrogens is 366 g/mol. The third-order valence-corrected chi connectivity index (χ3v) is 4.68. The molecule has 0 aliphatic carbocycles. The van der Waals surface area contributed by atoms with Crippen LogP contribution in [0.3, 0.4) is 0 Å². The molecule has 5 nitrogen and oxygen atoms in total. The van der Waals surface area contributed by atoms with Crippen LogP contribution in [0.5, 0.6) is 5.75 Å². The maximum atomic E-state index is 12.6. The number of carbonyl (C=O) groups is 2. The molecule has 5 heteroatoms. The molecule has 2 aromatic carbocycles. The summed E-state index contributed by atoms with van der Waals surface area (Å²) in [5, 5.41) is 1.09. The van der Waals surface area contributed by atoms with Gasteiger partial charge in [0.2, 0.25) is 0 Å². The maximum absolute atomic E-state index is 12.6. The van der Waals surface area contributed by atoms with E-state index in [4.69, 9.17) is 9.47 Å². The van der Waals surface area contributed by atoms with Crippen molar-refractivity contribution in [3.63, 3.8) is 0 Å². The van der Waals surface area contributed by atoms with Crippen LogP contribution in [-0.2, 0) is 9.53 Å². The number of benzene rings is 2. The average Bonchev–Trinajstić information content (AvgIpc) is 3.05. The quantitative estimate of drug-likeness (QED) is 0.330. The van der Waals surface area contributed by atoms with Crippen LogP contribution in [-0.4, -0.2) is 29.4 Å². The Labute approximate surface area is 170 Å². The molecule has 0 saturated heterocycles. The largest absolute Gasteiger partial charge is 0.479 e. The van der Waals surface area contributed by atoms with Crippen molar-refractivity contribution in [1.29, 1.82) is 0 Å². The molecular formula is C24H25NO4. The number of para-hydroxylation sites is 1. The Morgan fingerprint density at radius 3 is 2.48 bits per heavy atom. The Balaban J connectivity index is 1.71. The zero-order chi connectivity index (χ0) is 20.8. The molecule has 0 aliphatic heterocycles. The van der Waals surface area contributed by atoms with E-state index < -0.39 is 6.10 Å². The molecule has 150 valence electrons. The van der Waals surface area contributed by atoms with E-state index in [9.17, 15) is 9.59 Å². The molecule has 1 N–H and O–H groups in total. The predicted octanol–water partition coefficient (Wildman–Crippen LogP) is 5.09. The van der Waals surface area contributed by atoms with E-state index in [-0.39, 0.29) is 11.8 Å². The van der Waals surface area contributed by atoms with E-state index in [1.807, 2.05) is 44.2 Å². The normalized spacial score (nSPS) is 12.2. The van der Waals surface area contributed by atoms with Crippen LogP contribution >= 0.6 is 0 Å². The van der Waals surface area contributed by atoms with Gasteiger partial charge >= 0.3 is 5.97 Å². The van der Waals surface area contributed by atoms with Crippen LogP contribution in [0.2, 0.25) is 0 Å². The predicted molar refractivity (Wildman–Crippen MR) is 114 cm³/mol. The van der Waals surface area contributed by atoms with Crippen molar-refractivity contribution in [2.75, 3.05) is 6.61 Å². The van der Waals surface area contributed by atoms with Gasteiger partial charge in [-0.2, -0.15) is 0 Å². The smallest absolute Gasteiger partial charge is 0.347 e. The number of hydrogen-bond donors (Lipinski definition) is 1. The number of nitrogens with one attached hydrogen (secondary N) is 1. The summed E-state index contributed by atoms with van der Waals surface area (Å²) in [6.45, 7) is 5.92. The van der Waals surface area contributed by atoms with Gasteiger partial charge in [-0.1, -0.05) is 25.1 Å². The van der Waals surface area contributed by atoms with E-state index in [0.717, 1.165) is 22.2 Å². The number of H-pyrrole nitrogens is 1. The fraction of sp³-hybridized carbons (Fsp3) is 0.250. The van der Waals surface area contributed by atoms with Crippen LogP contribution in [0.1, 0.15) is 41.9 Å². The number of aryl methyl sites for hydroxylation is 1. The number of allylic oxidation sites excluding steroid dienone is 1. The third kappa shape index (κ3) is 4.74. The monoisotopic (exact) mass is 391 g/mol. The molecule has 0 fully saturated rings. The van der Waals surface area contributed by atoms with E-state index in [0.29, 0.717) is 24.3 Å². The molecule has 1 atom stereocenters. The van der Waals surface area contributed by atoms with Crippen molar-refractivity contribution in [3.8, 4) is 5.75 Å². The first kappa shape index (κ1) is 20.4. The number of rotatable bonds is 8. The lowest BCUT2D eigenvalue weighted by atomic mass is 10.1. The Hall–Kier alpha value is -3.34. The Morgan fingerprint density at radius 2 is 1.79 bits per heavy atom. The van der Waals surface area contributed by atoms with Gasteiger partial charge in [-0.05, 0) is 62.8 Å². The fourth-order valence-electron chi connectivity index (χ4n) is 3.16. The number of ketones is 1. The summed E-state index contributed by atoms with van der Waals surface area (Å²) in [4.78, 5) is 27.7. The average molecular weight is 391 g/mol. The third-order valence-electron chi connectivity index (χ3n) is 4.68. The van der Waals surface area contributed by atoms with Gasteiger partial charge < -0.3 is 14.5 Å². The van der Waals surface area contributed by atoms with E-state index in [1.54, 1.807) is 37.3 Å². The molecule has 0 spiro atoms. The molecule has 1 aromatic heterocycles. The molecule has 0 aliphatic rings. The highest BCUT2D eigenvalue weighted by atomic mass is 16.6. The molecule has 3 aromatic rings. The van der Waals surface area contributed by atoms with Gasteiger partial charge in [-0.15, -0.1) is 0 Å². The SMILES string of the molecule is CCOC(=O)C(CC)Oc1ccc(C(=O)/C=C/c2c(C)[nH]c3ccccc23)cc1. The van der Waals surface area contributed by atoms with Gasteiger partial charge in [0.1, 0.15) is 5.75 Å². The number of carbonyl (C=O) groups excluding carboxylic acids is 2. The van der Waals surface area contributed by atoms with Gasteiger partial charge in [0.25, 0.3) is 0 Å². The number of fused-ring (bicyclic) bond motifs is 1. The minimum atomic E-state index is -0.652. The summed E-state index contributed by atoms with van der Waals surface area (Å²) >= 11 is 0. The highest BCUT2D eigenvalue weighted by molar-refractivity contribution is 6.08. The number of hydrogen-bond acceptors (Lipinski definition) is 4. The summed E-state index contributed by atoms with van der Waals surface area (Å²) < 4.78 is 10.7. The number of aromatic amines is 1. The summed E-state index contributed by atoms with van der Waals surface area (Å²) in [7, 11) is 0. The van der Waals surface area contributed by atoms with Crippen molar-refractivity contribution < 1.29 is 19.1 Å². The van der Waals surface area contributed by atoms with Crippen molar-refractivity contribution in [2.45, 2.75) is 33.3 Å². The van der Waals surface area contributed by atoms with Crippen LogP contribution in [0.15, 0.2) is 54.6 Å².